The number of phenolic OH excluding ortho intramolecular Hbond substituents is 1. The summed E-state index contributed by atoms with van der Waals surface area (Å²) in [5, 5.41) is 20.6. The molecule has 1 amide bonds. The fourth-order valence-corrected chi connectivity index (χ4v) is 3.75. The summed E-state index contributed by atoms with van der Waals surface area (Å²) in [5.74, 6) is 0.558. The number of H-pyrrole nitrogens is 1. The summed E-state index contributed by atoms with van der Waals surface area (Å²) in [6.45, 7) is 0. The molecular formula is C23H19N3O2. The van der Waals surface area contributed by atoms with Gasteiger partial charge in [0, 0.05) is 11.3 Å². The van der Waals surface area contributed by atoms with Crippen LogP contribution in [0.4, 0.5) is 5.69 Å². The van der Waals surface area contributed by atoms with Crippen molar-refractivity contribution in [3.63, 3.8) is 0 Å². The molecule has 1 heterocycles. The van der Waals surface area contributed by atoms with Crippen molar-refractivity contribution in [2.24, 2.45) is 5.92 Å². The van der Waals surface area contributed by atoms with E-state index in [1.165, 1.54) is 5.56 Å². The first-order valence-electron chi connectivity index (χ1n) is 9.31. The fourth-order valence-electron chi connectivity index (χ4n) is 3.75. The van der Waals surface area contributed by atoms with Gasteiger partial charge in [-0.2, -0.15) is 5.10 Å². The molecule has 28 heavy (non-hydrogen) atoms. The van der Waals surface area contributed by atoms with Crippen molar-refractivity contribution in [2.45, 2.75) is 12.3 Å². The Hall–Kier alpha value is -3.60. The molecule has 0 spiro atoms. The van der Waals surface area contributed by atoms with Crippen LogP contribution in [0.5, 0.6) is 5.75 Å². The van der Waals surface area contributed by atoms with Crippen LogP contribution in [0.3, 0.4) is 0 Å². The largest absolute Gasteiger partial charge is 0.508 e. The van der Waals surface area contributed by atoms with E-state index in [-0.39, 0.29) is 17.6 Å². The molecule has 5 nitrogen and oxygen atoms in total. The van der Waals surface area contributed by atoms with E-state index in [1.807, 2.05) is 42.5 Å². The number of amides is 1. The van der Waals surface area contributed by atoms with Crippen molar-refractivity contribution >= 4 is 22.5 Å². The molecule has 1 aliphatic carbocycles. The summed E-state index contributed by atoms with van der Waals surface area (Å²) in [4.78, 5) is 12.8. The second-order valence-corrected chi connectivity index (χ2v) is 7.25. The standard InChI is InChI=1S/C23H19N3O2/c27-17-8-6-14(7-9-17)16-10-21(20-13-24-26-22(20)11-16)25-23(28)19-12-18(19)15-4-2-1-3-5-15/h1-11,13,18-19,27H,12H2,(H,24,26)(H,25,28)/t18-,19+/m0/s1. The van der Waals surface area contributed by atoms with Crippen molar-refractivity contribution in [3.05, 3.63) is 78.5 Å². The smallest absolute Gasteiger partial charge is 0.228 e. The lowest BCUT2D eigenvalue weighted by Crippen LogP contribution is -2.14. The zero-order chi connectivity index (χ0) is 19.1. The Morgan fingerprint density at radius 2 is 1.82 bits per heavy atom. The van der Waals surface area contributed by atoms with Crippen LogP contribution in [-0.4, -0.2) is 21.2 Å². The lowest BCUT2D eigenvalue weighted by Gasteiger charge is -2.10. The Balaban J connectivity index is 1.43. The van der Waals surface area contributed by atoms with Crippen molar-refractivity contribution in [1.82, 2.24) is 10.2 Å². The van der Waals surface area contributed by atoms with Gasteiger partial charge in [-0.05, 0) is 53.3 Å². The van der Waals surface area contributed by atoms with Gasteiger partial charge in [0.1, 0.15) is 5.75 Å². The monoisotopic (exact) mass is 369 g/mol. The molecule has 3 aromatic carbocycles. The molecule has 0 aliphatic heterocycles. The van der Waals surface area contributed by atoms with Gasteiger partial charge in [-0.15, -0.1) is 0 Å². The summed E-state index contributed by atoms with van der Waals surface area (Å²) in [6.07, 6.45) is 2.61. The number of carbonyl (C=O) groups excluding carboxylic acids is 1. The Morgan fingerprint density at radius 3 is 2.61 bits per heavy atom. The molecule has 138 valence electrons. The lowest BCUT2D eigenvalue weighted by atomic mass is 10.0. The average molecular weight is 369 g/mol. The van der Waals surface area contributed by atoms with E-state index in [2.05, 4.69) is 27.6 Å². The zero-order valence-electron chi connectivity index (χ0n) is 15.1. The molecule has 5 heteroatoms. The highest BCUT2D eigenvalue weighted by Crippen LogP contribution is 2.48. The third kappa shape index (κ3) is 3.01. The van der Waals surface area contributed by atoms with Crippen LogP contribution < -0.4 is 5.32 Å². The number of hydrogen-bond donors (Lipinski definition) is 3. The van der Waals surface area contributed by atoms with E-state index < -0.39 is 0 Å². The Kier molecular flexibility index (Phi) is 3.86. The number of benzene rings is 3. The fraction of sp³-hybridized carbons (Fsp3) is 0.130. The summed E-state index contributed by atoms with van der Waals surface area (Å²) < 4.78 is 0. The normalized spacial score (nSPS) is 18.1. The number of aromatic nitrogens is 2. The molecule has 3 N–H and O–H groups in total. The van der Waals surface area contributed by atoms with E-state index in [1.54, 1.807) is 18.3 Å². The molecule has 0 unspecified atom stereocenters. The van der Waals surface area contributed by atoms with Crippen LogP contribution >= 0.6 is 0 Å². The van der Waals surface area contributed by atoms with E-state index in [0.29, 0.717) is 5.92 Å². The van der Waals surface area contributed by atoms with Gasteiger partial charge in [0.05, 0.1) is 17.4 Å². The van der Waals surface area contributed by atoms with Gasteiger partial charge in [0.2, 0.25) is 5.91 Å². The van der Waals surface area contributed by atoms with Crippen LogP contribution in [0.25, 0.3) is 22.0 Å². The molecule has 4 aromatic rings. The van der Waals surface area contributed by atoms with Crippen LogP contribution in [0, 0.1) is 5.92 Å². The third-order valence-electron chi connectivity index (χ3n) is 5.37. The van der Waals surface area contributed by atoms with E-state index in [9.17, 15) is 9.90 Å². The number of aromatic hydroxyl groups is 1. The molecule has 0 radical (unpaired) electrons. The van der Waals surface area contributed by atoms with Gasteiger partial charge in [-0.3, -0.25) is 9.89 Å². The molecule has 1 aliphatic rings. The predicted octanol–water partition coefficient (Wildman–Crippen LogP) is 4.68. The molecule has 2 atom stereocenters. The minimum absolute atomic E-state index is 0.00156. The van der Waals surface area contributed by atoms with Crippen molar-refractivity contribution in [2.75, 3.05) is 5.32 Å². The molecule has 1 aromatic heterocycles. The minimum atomic E-state index is 0.00156. The maximum Gasteiger partial charge on any atom is 0.228 e. The summed E-state index contributed by atoms with van der Waals surface area (Å²) in [5.41, 5.74) is 4.73. The van der Waals surface area contributed by atoms with Crippen LogP contribution in [-0.2, 0) is 4.79 Å². The Morgan fingerprint density at radius 1 is 1.04 bits per heavy atom. The maximum absolute atomic E-state index is 12.8. The second kappa shape index (κ2) is 6.53. The number of fused-ring (bicyclic) bond motifs is 1. The number of rotatable bonds is 4. The first kappa shape index (κ1) is 16.6. The average Bonchev–Trinajstić information content (AvgIpc) is 3.39. The number of anilines is 1. The van der Waals surface area contributed by atoms with Crippen molar-refractivity contribution in [1.29, 1.82) is 0 Å². The van der Waals surface area contributed by atoms with Gasteiger partial charge in [0.15, 0.2) is 0 Å². The summed E-state index contributed by atoms with van der Waals surface area (Å²) >= 11 is 0. The number of nitrogens with one attached hydrogen (secondary N) is 2. The van der Waals surface area contributed by atoms with Crippen molar-refractivity contribution in [3.8, 4) is 16.9 Å². The maximum atomic E-state index is 12.8. The Labute approximate surface area is 162 Å². The lowest BCUT2D eigenvalue weighted by molar-refractivity contribution is -0.117. The zero-order valence-corrected chi connectivity index (χ0v) is 15.1. The first-order valence-corrected chi connectivity index (χ1v) is 9.31. The van der Waals surface area contributed by atoms with Crippen molar-refractivity contribution < 1.29 is 9.90 Å². The molecule has 1 fully saturated rings. The quantitative estimate of drug-likeness (QED) is 0.489. The summed E-state index contributed by atoms with van der Waals surface area (Å²) in [7, 11) is 0. The highest BCUT2D eigenvalue weighted by Gasteiger charge is 2.43. The minimum Gasteiger partial charge on any atom is -0.508 e. The number of aromatic amines is 1. The predicted molar refractivity (Wildman–Crippen MR) is 109 cm³/mol. The molecular weight excluding hydrogens is 350 g/mol. The molecule has 0 bridgehead atoms. The van der Waals surface area contributed by atoms with E-state index in [0.717, 1.165) is 34.1 Å². The number of nitrogens with zero attached hydrogens (tertiary/aromatic N) is 1. The van der Waals surface area contributed by atoms with E-state index in [4.69, 9.17) is 0 Å². The second-order valence-electron chi connectivity index (χ2n) is 7.25. The number of carbonyl (C=O) groups is 1. The first-order chi connectivity index (χ1) is 13.7. The number of hydrogen-bond acceptors (Lipinski definition) is 3. The van der Waals surface area contributed by atoms with Gasteiger partial charge in [0.25, 0.3) is 0 Å². The van der Waals surface area contributed by atoms with Gasteiger partial charge in [-0.1, -0.05) is 42.5 Å². The third-order valence-corrected chi connectivity index (χ3v) is 5.37. The molecule has 5 rings (SSSR count). The van der Waals surface area contributed by atoms with Gasteiger partial charge in [-0.25, -0.2) is 0 Å². The molecule has 0 saturated heterocycles. The Bertz CT molecular complexity index is 1150. The van der Waals surface area contributed by atoms with Crippen LogP contribution in [0.2, 0.25) is 0 Å². The summed E-state index contributed by atoms with van der Waals surface area (Å²) in [6, 6.07) is 21.1. The molecule has 1 saturated carbocycles. The van der Waals surface area contributed by atoms with Gasteiger partial charge < -0.3 is 10.4 Å². The highest BCUT2D eigenvalue weighted by molar-refractivity contribution is 6.04. The topological polar surface area (TPSA) is 78.0 Å². The van der Waals surface area contributed by atoms with Gasteiger partial charge >= 0.3 is 0 Å². The number of phenols is 1. The highest BCUT2D eigenvalue weighted by atomic mass is 16.3. The van der Waals surface area contributed by atoms with E-state index >= 15 is 0 Å². The SMILES string of the molecule is O=C(Nc1cc(-c2ccc(O)cc2)cc2[nH]ncc12)[C@@H]1C[C@H]1c1ccccc1. The van der Waals surface area contributed by atoms with Crippen LogP contribution in [0.1, 0.15) is 17.9 Å². The van der Waals surface area contributed by atoms with Crippen LogP contribution in [0.15, 0.2) is 72.9 Å².